The molecule has 1 aliphatic heterocycles. The number of piperidine rings is 1. The number of amides is 1. The van der Waals surface area contributed by atoms with Crippen molar-refractivity contribution in [3.63, 3.8) is 0 Å². The van der Waals surface area contributed by atoms with E-state index in [4.69, 9.17) is 4.74 Å². The Balaban J connectivity index is 2.03. The molecule has 19 heavy (non-hydrogen) atoms. The van der Waals surface area contributed by atoms with Gasteiger partial charge in [0.2, 0.25) is 5.91 Å². The van der Waals surface area contributed by atoms with Gasteiger partial charge in [-0.2, -0.15) is 0 Å². The number of carbonyl (C=O) groups is 2. The molecule has 2 rings (SSSR count). The Morgan fingerprint density at radius 1 is 1.42 bits per heavy atom. The second-order valence-electron chi connectivity index (χ2n) is 4.66. The van der Waals surface area contributed by atoms with Crippen molar-refractivity contribution < 1.29 is 18.7 Å². The summed E-state index contributed by atoms with van der Waals surface area (Å²) in [6.07, 6.45) is 0.881. The molecule has 0 aromatic heterocycles. The van der Waals surface area contributed by atoms with Crippen LogP contribution in [0.3, 0.4) is 0 Å². The number of hydrogen-bond acceptors (Lipinski definition) is 3. The van der Waals surface area contributed by atoms with Crippen molar-refractivity contribution in [2.75, 3.05) is 13.7 Å². The molecule has 0 radical (unpaired) electrons. The van der Waals surface area contributed by atoms with E-state index in [-0.39, 0.29) is 23.6 Å². The normalized spacial score (nSPS) is 19.4. The summed E-state index contributed by atoms with van der Waals surface area (Å²) < 4.78 is 17.5. The van der Waals surface area contributed by atoms with Crippen molar-refractivity contribution in [2.45, 2.75) is 19.4 Å². The predicted octanol–water partition coefficient (Wildman–Crippen LogP) is 1.74. The number of carbonyl (C=O) groups excluding carboxylic acids is 2. The summed E-state index contributed by atoms with van der Waals surface area (Å²) in [6, 6.07) is 6.01. The highest BCUT2D eigenvalue weighted by molar-refractivity contribution is 5.81. The van der Waals surface area contributed by atoms with Gasteiger partial charge in [0, 0.05) is 19.5 Å². The van der Waals surface area contributed by atoms with E-state index < -0.39 is 0 Å². The first-order chi connectivity index (χ1) is 9.10. The van der Waals surface area contributed by atoms with E-state index in [1.807, 2.05) is 0 Å². The molecular weight excluding hydrogens is 249 g/mol. The molecule has 0 aliphatic carbocycles. The number of nitrogens with zero attached hydrogens (tertiary/aromatic N) is 1. The zero-order valence-corrected chi connectivity index (χ0v) is 10.8. The van der Waals surface area contributed by atoms with Crippen molar-refractivity contribution in [2.24, 2.45) is 5.92 Å². The zero-order valence-electron chi connectivity index (χ0n) is 10.8. The van der Waals surface area contributed by atoms with Crippen LogP contribution >= 0.6 is 0 Å². The average Bonchev–Trinajstić information content (AvgIpc) is 2.43. The summed E-state index contributed by atoms with van der Waals surface area (Å²) in [5.41, 5.74) is 0.847. The Bertz CT molecular complexity index is 472. The van der Waals surface area contributed by atoms with Gasteiger partial charge in [-0.05, 0) is 24.1 Å². The Morgan fingerprint density at radius 2 is 2.11 bits per heavy atom. The number of rotatable bonds is 3. The molecule has 102 valence electrons. The first kappa shape index (κ1) is 13.5. The summed E-state index contributed by atoms with van der Waals surface area (Å²) in [7, 11) is 1.35. The third-order valence-corrected chi connectivity index (χ3v) is 3.32. The maximum Gasteiger partial charge on any atom is 0.310 e. The second kappa shape index (κ2) is 5.82. The minimum absolute atomic E-state index is 0.0180. The highest BCUT2D eigenvalue weighted by Crippen LogP contribution is 2.20. The summed E-state index contributed by atoms with van der Waals surface area (Å²) in [5.74, 6) is -0.828. The number of likely N-dealkylation sites (tertiary alicyclic amines) is 1. The van der Waals surface area contributed by atoms with Gasteiger partial charge in [0.1, 0.15) is 5.82 Å². The van der Waals surface area contributed by atoms with E-state index in [1.54, 1.807) is 17.0 Å². The quantitative estimate of drug-likeness (QED) is 0.782. The van der Waals surface area contributed by atoms with Gasteiger partial charge in [-0.3, -0.25) is 9.59 Å². The SMILES string of the molecule is COC(=O)C1CCC(=O)N(Cc2ccc(F)cc2)C1. The van der Waals surface area contributed by atoms with E-state index in [0.717, 1.165) is 5.56 Å². The summed E-state index contributed by atoms with van der Waals surface area (Å²) in [6.45, 7) is 0.759. The van der Waals surface area contributed by atoms with Gasteiger partial charge in [-0.1, -0.05) is 12.1 Å². The smallest absolute Gasteiger partial charge is 0.310 e. The molecule has 0 N–H and O–H groups in total. The van der Waals surface area contributed by atoms with Gasteiger partial charge in [0.25, 0.3) is 0 Å². The summed E-state index contributed by atoms with van der Waals surface area (Å²) in [4.78, 5) is 25.0. The molecule has 1 amide bonds. The van der Waals surface area contributed by atoms with Gasteiger partial charge in [0.05, 0.1) is 13.0 Å². The predicted molar refractivity (Wildman–Crippen MR) is 66.6 cm³/mol. The van der Waals surface area contributed by atoms with Crippen LogP contribution in [0.15, 0.2) is 24.3 Å². The Labute approximate surface area is 111 Å². The highest BCUT2D eigenvalue weighted by Gasteiger charge is 2.30. The molecule has 1 fully saturated rings. The molecule has 0 saturated carbocycles. The number of halogens is 1. The van der Waals surface area contributed by atoms with Gasteiger partial charge in [0.15, 0.2) is 0 Å². The minimum atomic E-state index is -0.304. The molecule has 4 nitrogen and oxygen atoms in total. The van der Waals surface area contributed by atoms with Crippen LogP contribution in [0.4, 0.5) is 4.39 Å². The van der Waals surface area contributed by atoms with Crippen LogP contribution < -0.4 is 0 Å². The van der Waals surface area contributed by atoms with Crippen LogP contribution in [0.25, 0.3) is 0 Å². The van der Waals surface area contributed by atoms with E-state index in [1.165, 1.54) is 19.2 Å². The van der Waals surface area contributed by atoms with Crippen LogP contribution in [-0.2, 0) is 20.9 Å². The standard InChI is InChI=1S/C14H16FNO3/c1-19-14(18)11-4-7-13(17)16(9-11)8-10-2-5-12(15)6-3-10/h2-3,5-6,11H,4,7-9H2,1H3. The third-order valence-electron chi connectivity index (χ3n) is 3.32. The third kappa shape index (κ3) is 3.30. The summed E-state index contributed by atoms with van der Waals surface area (Å²) >= 11 is 0. The van der Waals surface area contributed by atoms with Crippen LogP contribution in [0.2, 0.25) is 0 Å². The molecule has 1 aromatic rings. The lowest BCUT2D eigenvalue weighted by molar-refractivity contribution is -0.150. The Kier molecular flexibility index (Phi) is 4.14. The molecule has 0 bridgehead atoms. The fourth-order valence-corrected chi connectivity index (χ4v) is 2.24. The minimum Gasteiger partial charge on any atom is -0.469 e. The van der Waals surface area contributed by atoms with Crippen molar-refractivity contribution in [1.82, 2.24) is 4.90 Å². The number of benzene rings is 1. The van der Waals surface area contributed by atoms with Crippen LogP contribution in [0.1, 0.15) is 18.4 Å². The molecule has 1 atom stereocenters. The topological polar surface area (TPSA) is 46.6 Å². The number of ether oxygens (including phenoxy) is 1. The van der Waals surface area contributed by atoms with Gasteiger partial charge >= 0.3 is 5.97 Å². The first-order valence-electron chi connectivity index (χ1n) is 6.20. The lowest BCUT2D eigenvalue weighted by atomic mass is 9.97. The van der Waals surface area contributed by atoms with Crippen LogP contribution in [0, 0.1) is 11.7 Å². The number of hydrogen-bond donors (Lipinski definition) is 0. The lowest BCUT2D eigenvalue weighted by Gasteiger charge is -2.31. The molecule has 1 aromatic carbocycles. The Morgan fingerprint density at radius 3 is 2.74 bits per heavy atom. The van der Waals surface area contributed by atoms with Crippen molar-refractivity contribution in [1.29, 1.82) is 0 Å². The van der Waals surface area contributed by atoms with Gasteiger partial charge < -0.3 is 9.64 Å². The molecule has 1 unspecified atom stereocenters. The molecule has 1 heterocycles. The maximum absolute atomic E-state index is 12.8. The molecule has 5 heteroatoms. The maximum atomic E-state index is 12.8. The Hall–Kier alpha value is -1.91. The number of esters is 1. The van der Waals surface area contributed by atoms with E-state index in [0.29, 0.717) is 25.9 Å². The van der Waals surface area contributed by atoms with Crippen molar-refractivity contribution in [3.05, 3.63) is 35.6 Å². The van der Waals surface area contributed by atoms with Crippen molar-refractivity contribution >= 4 is 11.9 Å². The monoisotopic (exact) mass is 265 g/mol. The average molecular weight is 265 g/mol. The van der Waals surface area contributed by atoms with Crippen molar-refractivity contribution in [3.8, 4) is 0 Å². The molecule has 1 saturated heterocycles. The second-order valence-corrected chi connectivity index (χ2v) is 4.66. The van der Waals surface area contributed by atoms with E-state index >= 15 is 0 Å². The van der Waals surface area contributed by atoms with Crippen LogP contribution in [0.5, 0.6) is 0 Å². The van der Waals surface area contributed by atoms with Crippen LogP contribution in [-0.4, -0.2) is 30.4 Å². The summed E-state index contributed by atoms with van der Waals surface area (Å²) in [5, 5.41) is 0. The fraction of sp³-hybridized carbons (Fsp3) is 0.429. The molecular formula is C14H16FNO3. The van der Waals surface area contributed by atoms with E-state index in [9.17, 15) is 14.0 Å². The number of methoxy groups -OCH3 is 1. The lowest BCUT2D eigenvalue weighted by Crippen LogP contribution is -2.42. The zero-order chi connectivity index (χ0) is 13.8. The molecule has 1 aliphatic rings. The van der Waals surface area contributed by atoms with E-state index in [2.05, 4.69) is 0 Å². The molecule has 0 spiro atoms. The van der Waals surface area contributed by atoms with Gasteiger partial charge in [-0.15, -0.1) is 0 Å². The highest BCUT2D eigenvalue weighted by atomic mass is 19.1. The fourth-order valence-electron chi connectivity index (χ4n) is 2.24. The largest absolute Gasteiger partial charge is 0.469 e. The first-order valence-corrected chi connectivity index (χ1v) is 6.20. The van der Waals surface area contributed by atoms with Gasteiger partial charge in [-0.25, -0.2) is 4.39 Å².